The van der Waals surface area contributed by atoms with Crippen LogP contribution in [0.15, 0.2) is 71.6 Å². The molecule has 0 radical (unpaired) electrons. The van der Waals surface area contributed by atoms with E-state index in [-0.39, 0.29) is 23.4 Å². The van der Waals surface area contributed by atoms with Gasteiger partial charge in [0.2, 0.25) is 0 Å². The lowest BCUT2D eigenvalue weighted by molar-refractivity contribution is -0.146. The molecule has 0 bridgehead atoms. The van der Waals surface area contributed by atoms with Crippen LogP contribution in [-0.2, 0) is 29.8 Å². The van der Waals surface area contributed by atoms with Gasteiger partial charge in [-0.2, -0.15) is 0 Å². The topological polar surface area (TPSA) is 111 Å². The third kappa shape index (κ3) is 6.23. The van der Waals surface area contributed by atoms with Crippen LogP contribution < -0.4 is 14.8 Å². The van der Waals surface area contributed by atoms with E-state index in [1.165, 1.54) is 18.2 Å². The second-order valence-electron chi connectivity index (χ2n) is 8.76. The number of benzene rings is 3. The van der Waals surface area contributed by atoms with Gasteiger partial charge in [0.15, 0.2) is 6.61 Å². The zero-order valence-corrected chi connectivity index (χ0v) is 22.0. The SMILES string of the molecule is CCOC(=O)C1(c2ccc(NC(=O)COc3ccc(S(=O)(=O)Nc4ccc(Cl)cc4)cc3C)cc2)CC1. The van der Waals surface area contributed by atoms with Crippen LogP contribution in [0.3, 0.4) is 0 Å². The Morgan fingerprint density at radius 3 is 2.22 bits per heavy atom. The quantitative estimate of drug-likeness (QED) is 0.346. The van der Waals surface area contributed by atoms with Crippen molar-refractivity contribution in [3.05, 3.63) is 82.9 Å². The summed E-state index contributed by atoms with van der Waals surface area (Å²) in [5.41, 5.74) is 1.83. The number of hydrogen-bond donors (Lipinski definition) is 2. The third-order valence-electron chi connectivity index (χ3n) is 6.05. The van der Waals surface area contributed by atoms with Crippen LogP contribution in [0.25, 0.3) is 0 Å². The van der Waals surface area contributed by atoms with Crippen molar-refractivity contribution in [3.8, 4) is 5.75 Å². The van der Waals surface area contributed by atoms with Gasteiger partial charge in [0.25, 0.3) is 15.9 Å². The summed E-state index contributed by atoms with van der Waals surface area (Å²) in [4.78, 5) is 24.7. The monoisotopic (exact) mass is 542 g/mol. The van der Waals surface area contributed by atoms with E-state index in [0.717, 1.165) is 18.4 Å². The summed E-state index contributed by atoms with van der Waals surface area (Å²) in [7, 11) is -3.81. The molecule has 37 heavy (non-hydrogen) atoms. The molecule has 8 nitrogen and oxygen atoms in total. The largest absolute Gasteiger partial charge is 0.483 e. The number of amides is 1. The van der Waals surface area contributed by atoms with E-state index >= 15 is 0 Å². The van der Waals surface area contributed by atoms with Gasteiger partial charge >= 0.3 is 5.97 Å². The molecule has 10 heteroatoms. The molecular formula is C27H27ClN2O6S. The minimum atomic E-state index is -3.81. The molecule has 0 saturated heterocycles. The van der Waals surface area contributed by atoms with Gasteiger partial charge in [0.1, 0.15) is 5.75 Å². The number of hydrogen-bond acceptors (Lipinski definition) is 6. The molecule has 1 saturated carbocycles. The van der Waals surface area contributed by atoms with Crippen molar-refractivity contribution < 1.29 is 27.5 Å². The van der Waals surface area contributed by atoms with Crippen molar-refractivity contribution in [1.82, 2.24) is 0 Å². The van der Waals surface area contributed by atoms with Crippen LogP contribution in [0, 0.1) is 6.92 Å². The van der Waals surface area contributed by atoms with Gasteiger partial charge in [-0.3, -0.25) is 14.3 Å². The Labute approximate surface area is 221 Å². The van der Waals surface area contributed by atoms with E-state index < -0.39 is 15.4 Å². The van der Waals surface area contributed by atoms with Gasteiger partial charge in [-0.25, -0.2) is 8.42 Å². The molecule has 0 spiro atoms. The van der Waals surface area contributed by atoms with Crippen molar-refractivity contribution in [3.63, 3.8) is 0 Å². The first kappa shape index (κ1) is 26.5. The minimum Gasteiger partial charge on any atom is -0.483 e. The van der Waals surface area contributed by atoms with E-state index in [1.54, 1.807) is 50.2 Å². The number of rotatable bonds is 10. The highest BCUT2D eigenvalue weighted by atomic mass is 35.5. The first-order valence-electron chi connectivity index (χ1n) is 11.7. The predicted octanol–water partition coefficient (Wildman–Crippen LogP) is 5.06. The molecular weight excluding hydrogens is 516 g/mol. The van der Waals surface area contributed by atoms with Crippen LogP contribution in [0.4, 0.5) is 11.4 Å². The van der Waals surface area contributed by atoms with Crippen LogP contribution in [0.1, 0.15) is 30.9 Å². The maximum Gasteiger partial charge on any atom is 0.316 e. The summed E-state index contributed by atoms with van der Waals surface area (Å²) in [6.07, 6.45) is 1.50. The predicted molar refractivity (Wildman–Crippen MR) is 142 cm³/mol. The van der Waals surface area contributed by atoms with E-state index in [9.17, 15) is 18.0 Å². The van der Waals surface area contributed by atoms with Gasteiger partial charge in [0, 0.05) is 16.4 Å². The number of sulfonamides is 1. The number of ether oxygens (including phenoxy) is 2. The van der Waals surface area contributed by atoms with Crippen molar-refractivity contribution in [2.45, 2.75) is 37.0 Å². The normalized spacial score (nSPS) is 13.9. The molecule has 3 aromatic carbocycles. The molecule has 0 unspecified atom stereocenters. The molecule has 4 rings (SSSR count). The highest BCUT2D eigenvalue weighted by molar-refractivity contribution is 7.92. The first-order chi connectivity index (χ1) is 17.6. The zero-order chi connectivity index (χ0) is 26.6. The third-order valence-corrected chi connectivity index (χ3v) is 7.68. The van der Waals surface area contributed by atoms with Crippen molar-refractivity contribution in [2.24, 2.45) is 0 Å². The number of anilines is 2. The Morgan fingerprint density at radius 1 is 0.973 bits per heavy atom. The first-order valence-corrected chi connectivity index (χ1v) is 13.6. The highest BCUT2D eigenvalue weighted by Gasteiger charge is 2.52. The van der Waals surface area contributed by atoms with E-state index in [2.05, 4.69) is 10.0 Å². The lowest BCUT2D eigenvalue weighted by Crippen LogP contribution is -2.23. The molecule has 1 fully saturated rings. The van der Waals surface area contributed by atoms with Crippen molar-refractivity contribution in [2.75, 3.05) is 23.3 Å². The summed E-state index contributed by atoms with van der Waals surface area (Å²) >= 11 is 5.85. The minimum absolute atomic E-state index is 0.0630. The zero-order valence-electron chi connectivity index (χ0n) is 20.4. The molecule has 1 aliphatic rings. The Balaban J connectivity index is 1.33. The van der Waals surface area contributed by atoms with Gasteiger partial charge < -0.3 is 14.8 Å². The molecule has 1 amide bonds. The average molecular weight is 543 g/mol. The van der Waals surface area contributed by atoms with Gasteiger partial charge in [-0.1, -0.05) is 23.7 Å². The van der Waals surface area contributed by atoms with E-state index in [0.29, 0.717) is 34.3 Å². The van der Waals surface area contributed by atoms with E-state index in [1.807, 2.05) is 12.1 Å². The molecule has 0 aliphatic heterocycles. The standard InChI is InChI=1S/C27H27ClN2O6S/c1-3-35-26(32)27(14-15-27)19-4-8-21(9-5-19)29-25(31)17-36-24-13-12-23(16-18(24)2)37(33,34)30-22-10-6-20(28)7-11-22/h4-13,16,30H,3,14-15,17H2,1-2H3,(H,29,31). The molecule has 2 N–H and O–H groups in total. The van der Waals surface area contributed by atoms with Gasteiger partial charge in [-0.15, -0.1) is 0 Å². The molecule has 0 aromatic heterocycles. The number of aryl methyl sites for hydroxylation is 1. The fraction of sp³-hybridized carbons (Fsp3) is 0.259. The molecule has 0 atom stereocenters. The summed E-state index contributed by atoms with van der Waals surface area (Å²) in [5.74, 6) is -0.198. The fourth-order valence-corrected chi connectivity index (χ4v) is 5.17. The molecule has 0 heterocycles. The average Bonchev–Trinajstić information content (AvgIpc) is 3.67. The number of nitrogens with one attached hydrogen (secondary N) is 2. The lowest BCUT2D eigenvalue weighted by atomic mass is 9.96. The van der Waals surface area contributed by atoms with Gasteiger partial charge in [0.05, 0.1) is 16.9 Å². The molecule has 194 valence electrons. The molecule has 1 aliphatic carbocycles. The van der Waals surface area contributed by atoms with Crippen molar-refractivity contribution in [1.29, 1.82) is 0 Å². The smallest absolute Gasteiger partial charge is 0.316 e. The number of carbonyl (C=O) groups excluding carboxylic acids is 2. The van der Waals surface area contributed by atoms with Gasteiger partial charge in [-0.05, 0) is 92.4 Å². The Bertz CT molecular complexity index is 1400. The number of esters is 1. The lowest BCUT2D eigenvalue weighted by Gasteiger charge is -2.15. The van der Waals surface area contributed by atoms with Crippen LogP contribution in [0.5, 0.6) is 5.75 Å². The van der Waals surface area contributed by atoms with Crippen LogP contribution in [0.2, 0.25) is 5.02 Å². The fourth-order valence-electron chi connectivity index (χ4n) is 3.90. The number of carbonyl (C=O) groups is 2. The highest BCUT2D eigenvalue weighted by Crippen LogP contribution is 2.49. The Kier molecular flexibility index (Phi) is 7.75. The second-order valence-corrected chi connectivity index (χ2v) is 10.9. The summed E-state index contributed by atoms with van der Waals surface area (Å²) in [6.45, 7) is 3.56. The second kappa shape index (κ2) is 10.8. The molecule has 3 aromatic rings. The van der Waals surface area contributed by atoms with Crippen LogP contribution >= 0.6 is 11.6 Å². The summed E-state index contributed by atoms with van der Waals surface area (Å²) < 4.78 is 38.7. The Morgan fingerprint density at radius 2 is 1.62 bits per heavy atom. The Hall–Kier alpha value is -3.56. The maximum absolute atomic E-state index is 12.7. The van der Waals surface area contributed by atoms with Crippen LogP contribution in [-0.4, -0.2) is 33.5 Å². The summed E-state index contributed by atoms with van der Waals surface area (Å²) in [6, 6.07) is 17.8. The van der Waals surface area contributed by atoms with Crippen molar-refractivity contribution >= 4 is 44.9 Å². The number of halogens is 1. The van der Waals surface area contributed by atoms with E-state index in [4.69, 9.17) is 21.1 Å². The summed E-state index contributed by atoms with van der Waals surface area (Å²) in [5, 5.41) is 3.26. The maximum atomic E-state index is 12.7.